The molecule has 1 saturated heterocycles. The van der Waals surface area contributed by atoms with Gasteiger partial charge in [-0.25, -0.2) is 4.39 Å². The molecule has 1 aromatic rings. The minimum absolute atomic E-state index is 0.243. The highest BCUT2D eigenvalue weighted by Crippen LogP contribution is 2.52. The molecule has 0 N–H and O–H groups in total. The molecule has 16 heavy (non-hydrogen) atoms. The molecular formula is C13H15FOS. The summed E-state index contributed by atoms with van der Waals surface area (Å²) in [6.07, 6.45) is 0.852. The lowest BCUT2D eigenvalue weighted by atomic mass is 9.90. The number of halogens is 1. The topological polar surface area (TPSA) is 9.23 Å². The molecule has 2 atom stereocenters. The summed E-state index contributed by atoms with van der Waals surface area (Å²) >= 11 is 1.74. The van der Waals surface area contributed by atoms with Crippen LogP contribution in [0.25, 0.3) is 0 Å². The van der Waals surface area contributed by atoms with Crippen molar-refractivity contribution in [2.24, 2.45) is 0 Å². The molecular weight excluding hydrogens is 223 g/mol. The SMILES string of the molecule is Cc1cccc2c1SC1(CCOCC1F)C2. The van der Waals surface area contributed by atoms with Gasteiger partial charge in [0.15, 0.2) is 0 Å². The van der Waals surface area contributed by atoms with Crippen molar-refractivity contribution in [1.29, 1.82) is 0 Å². The highest BCUT2D eigenvalue weighted by atomic mass is 32.2. The number of fused-ring (bicyclic) bond motifs is 1. The minimum atomic E-state index is -0.835. The third-order valence-corrected chi connectivity index (χ3v) is 5.39. The van der Waals surface area contributed by atoms with E-state index in [1.54, 1.807) is 11.8 Å². The van der Waals surface area contributed by atoms with E-state index in [0.29, 0.717) is 6.61 Å². The number of hydrogen-bond donors (Lipinski definition) is 0. The van der Waals surface area contributed by atoms with Crippen molar-refractivity contribution < 1.29 is 9.13 Å². The van der Waals surface area contributed by atoms with Gasteiger partial charge < -0.3 is 4.74 Å². The summed E-state index contributed by atoms with van der Waals surface area (Å²) in [6, 6.07) is 6.31. The van der Waals surface area contributed by atoms with Gasteiger partial charge in [0.25, 0.3) is 0 Å². The fourth-order valence-electron chi connectivity index (χ4n) is 2.61. The van der Waals surface area contributed by atoms with Crippen molar-refractivity contribution in [2.75, 3.05) is 13.2 Å². The summed E-state index contributed by atoms with van der Waals surface area (Å²) in [6.45, 7) is 3.07. The Labute approximate surface area is 99.4 Å². The number of ether oxygens (including phenoxy) is 1. The lowest BCUT2D eigenvalue weighted by Crippen LogP contribution is -2.44. The Morgan fingerprint density at radius 2 is 2.38 bits per heavy atom. The van der Waals surface area contributed by atoms with E-state index in [1.807, 2.05) is 0 Å². The van der Waals surface area contributed by atoms with Crippen molar-refractivity contribution in [3.05, 3.63) is 29.3 Å². The van der Waals surface area contributed by atoms with Gasteiger partial charge in [0.1, 0.15) is 6.17 Å². The molecule has 1 fully saturated rings. The Morgan fingerprint density at radius 3 is 3.12 bits per heavy atom. The van der Waals surface area contributed by atoms with Crippen LogP contribution >= 0.6 is 11.8 Å². The quantitative estimate of drug-likeness (QED) is 0.686. The van der Waals surface area contributed by atoms with E-state index in [9.17, 15) is 4.39 Å². The zero-order chi connectivity index (χ0) is 11.2. The van der Waals surface area contributed by atoms with Crippen LogP contribution < -0.4 is 0 Å². The van der Waals surface area contributed by atoms with E-state index in [4.69, 9.17) is 4.74 Å². The van der Waals surface area contributed by atoms with E-state index in [-0.39, 0.29) is 11.4 Å². The van der Waals surface area contributed by atoms with Crippen molar-refractivity contribution in [2.45, 2.75) is 35.6 Å². The number of alkyl halides is 1. The van der Waals surface area contributed by atoms with Gasteiger partial charge >= 0.3 is 0 Å². The summed E-state index contributed by atoms with van der Waals surface area (Å²) in [5.41, 5.74) is 2.59. The highest BCUT2D eigenvalue weighted by molar-refractivity contribution is 8.01. The molecule has 3 heteroatoms. The van der Waals surface area contributed by atoms with Gasteiger partial charge in [0.2, 0.25) is 0 Å². The zero-order valence-corrected chi connectivity index (χ0v) is 10.1. The predicted molar refractivity (Wildman–Crippen MR) is 63.8 cm³/mol. The van der Waals surface area contributed by atoms with Gasteiger partial charge in [-0.3, -0.25) is 0 Å². The molecule has 0 bridgehead atoms. The molecule has 1 nitrogen and oxygen atoms in total. The molecule has 1 aromatic carbocycles. The molecule has 2 heterocycles. The van der Waals surface area contributed by atoms with Crippen LogP contribution in [0.2, 0.25) is 0 Å². The van der Waals surface area contributed by atoms with Crippen LogP contribution in [0.3, 0.4) is 0 Å². The van der Waals surface area contributed by atoms with E-state index >= 15 is 0 Å². The lowest BCUT2D eigenvalue weighted by Gasteiger charge is -2.35. The van der Waals surface area contributed by atoms with Gasteiger partial charge in [0.05, 0.1) is 11.4 Å². The molecule has 0 radical (unpaired) electrons. The second kappa shape index (κ2) is 3.74. The van der Waals surface area contributed by atoms with Crippen LogP contribution in [0.5, 0.6) is 0 Å². The Bertz CT molecular complexity index is 420. The Balaban J connectivity index is 1.97. The van der Waals surface area contributed by atoms with Crippen LogP contribution in [0, 0.1) is 6.92 Å². The van der Waals surface area contributed by atoms with Crippen LogP contribution in [0.4, 0.5) is 4.39 Å². The van der Waals surface area contributed by atoms with Crippen molar-refractivity contribution in [3.8, 4) is 0 Å². The maximum absolute atomic E-state index is 14.1. The zero-order valence-electron chi connectivity index (χ0n) is 9.33. The van der Waals surface area contributed by atoms with E-state index in [2.05, 4.69) is 25.1 Å². The Morgan fingerprint density at radius 1 is 1.50 bits per heavy atom. The van der Waals surface area contributed by atoms with Crippen LogP contribution in [0.15, 0.2) is 23.1 Å². The molecule has 2 aliphatic heterocycles. The minimum Gasteiger partial charge on any atom is -0.378 e. The van der Waals surface area contributed by atoms with Gasteiger partial charge in [0, 0.05) is 11.5 Å². The van der Waals surface area contributed by atoms with Crippen molar-refractivity contribution in [1.82, 2.24) is 0 Å². The first-order valence-corrected chi connectivity index (χ1v) is 6.52. The molecule has 0 amide bonds. The fraction of sp³-hybridized carbons (Fsp3) is 0.538. The van der Waals surface area contributed by atoms with Gasteiger partial charge in [-0.15, -0.1) is 11.8 Å². The van der Waals surface area contributed by atoms with Crippen LogP contribution in [0.1, 0.15) is 17.5 Å². The van der Waals surface area contributed by atoms with Gasteiger partial charge in [-0.05, 0) is 30.9 Å². The maximum Gasteiger partial charge on any atom is 0.139 e. The molecule has 1 spiro atoms. The molecule has 86 valence electrons. The van der Waals surface area contributed by atoms with Crippen molar-refractivity contribution in [3.63, 3.8) is 0 Å². The number of aryl methyl sites for hydroxylation is 1. The maximum atomic E-state index is 14.1. The first-order valence-electron chi connectivity index (χ1n) is 5.71. The molecule has 0 aromatic heterocycles. The van der Waals surface area contributed by atoms with Crippen LogP contribution in [-0.4, -0.2) is 24.1 Å². The summed E-state index contributed by atoms with van der Waals surface area (Å²) in [5.74, 6) is 0. The average Bonchev–Trinajstić information content (AvgIpc) is 2.64. The smallest absolute Gasteiger partial charge is 0.139 e. The standard InChI is InChI=1S/C13H15FOS/c1-9-3-2-4-10-7-13(16-12(9)10)5-6-15-8-11(13)14/h2-4,11H,5-8H2,1H3. The average molecular weight is 238 g/mol. The van der Waals surface area contributed by atoms with E-state index < -0.39 is 6.17 Å². The summed E-state index contributed by atoms with van der Waals surface area (Å²) in [7, 11) is 0. The third kappa shape index (κ3) is 1.49. The Kier molecular flexibility index (Phi) is 2.48. The monoisotopic (exact) mass is 238 g/mol. The summed E-state index contributed by atoms with van der Waals surface area (Å²) in [4.78, 5) is 1.30. The second-order valence-corrected chi connectivity index (χ2v) is 6.12. The normalized spacial score (nSPS) is 33.0. The number of hydrogen-bond acceptors (Lipinski definition) is 2. The lowest BCUT2D eigenvalue weighted by molar-refractivity contribution is 0.0133. The molecule has 0 saturated carbocycles. The summed E-state index contributed by atoms with van der Waals surface area (Å²) in [5, 5.41) is 0. The van der Waals surface area contributed by atoms with Gasteiger partial charge in [-0.1, -0.05) is 18.2 Å². The Hall–Kier alpha value is -0.540. The molecule has 3 rings (SSSR count). The first-order chi connectivity index (χ1) is 7.71. The van der Waals surface area contributed by atoms with Gasteiger partial charge in [-0.2, -0.15) is 0 Å². The molecule has 2 unspecified atom stereocenters. The fourth-order valence-corrected chi connectivity index (χ4v) is 4.13. The van der Waals surface area contributed by atoms with Crippen molar-refractivity contribution >= 4 is 11.8 Å². The van der Waals surface area contributed by atoms with E-state index in [1.165, 1.54) is 16.0 Å². The predicted octanol–water partition coefficient (Wildman–Crippen LogP) is 3.14. The number of thioether (sulfide) groups is 1. The highest BCUT2D eigenvalue weighted by Gasteiger charge is 2.47. The van der Waals surface area contributed by atoms with Crippen LogP contribution in [-0.2, 0) is 11.2 Å². The first kappa shape index (κ1) is 10.6. The molecule has 0 aliphatic carbocycles. The van der Waals surface area contributed by atoms with E-state index in [0.717, 1.165) is 12.8 Å². The largest absolute Gasteiger partial charge is 0.378 e. The summed E-state index contributed by atoms with van der Waals surface area (Å²) < 4.78 is 19.1. The second-order valence-electron chi connectivity index (χ2n) is 4.70. The number of benzene rings is 1. The third-order valence-electron chi connectivity index (χ3n) is 3.59. The molecule has 2 aliphatic rings. The number of rotatable bonds is 0.